The van der Waals surface area contributed by atoms with Crippen molar-refractivity contribution in [2.24, 2.45) is 0 Å². The van der Waals surface area contributed by atoms with E-state index in [1.54, 1.807) is 24.3 Å². The van der Waals surface area contributed by atoms with Gasteiger partial charge < -0.3 is 33.6 Å². The number of fused-ring (bicyclic) bond motifs is 1. The highest BCUT2D eigenvalue weighted by atomic mass is 16.5. The average Bonchev–Trinajstić information content (AvgIpc) is 2.91. The second-order valence-electron chi connectivity index (χ2n) is 8.16. The summed E-state index contributed by atoms with van der Waals surface area (Å²) in [5, 5.41) is 20.8. The first kappa shape index (κ1) is 25.4. The number of hydrogen-bond acceptors (Lipinski definition) is 9. The Bertz CT molecular complexity index is 1500. The number of rotatable bonds is 8. The zero-order chi connectivity index (χ0) is 26.7. The van der Waals surface area contributed by atoms with Crippen LogP contribution in [0.4, 0.5) is 0 Å². The highest BCUT2D eigenvalue weighted by molar-refractivity contribution is 5.87. The van der Waals surface area contributed by atoms with Crippen LogP contribution in [-0.4, -0.2) is 44.6 Å². The van der Waals surface area contributed by atoms with Crippen LogP contribution in [0.2, 0.25) is 0 Å². The molecule has 4 aromatic rings. The predicted octanol–water partition coefficient (Wildman–Crippen LogP) is 4.59. The number of methoxy groups -OCH3 is 4. The van der Waals surface area contributed by atoms with Crippen LogP contribution < -0.4 is 19.6 Å². The molecule has 37 heavy (non-hydrogen) atoms. The molecule has 1 heterocycles. The Labute approximate surface area is 212 Å². The Kier molecular flexibility index (Phi) is 7.24. The number of esters is 1. The Morgan fingerprint density at radius 2 is 1.59 bits per heavy atom. The zero-order valence-electron chi connectivity index (χ0n) is 20.7. The first-order valence-electron chi connectivity index (χ1n) is 11.3. The van der Waals surface area contributed by atoms with Crippen molar-refractivity contribution >= 4 is 16.9 Å². The molecule has 9 heteroatoms. The number of carbonyl (C=O) groups is 1. The lowest BCUT2D eigenvalue weighted by atomic mass is 9.85. The molecule has 0 aliphatic heterocycles. The molecule has 2 N–H and O–H groups in total. The van der Waals surface area contributed by atoms with Gasteiger partial charge in [-0.15, -0.1) is 0 Å². The van der Waals surface area contributed by atoms with E-state index in [2.05, 4.69) is 0 Å². The summed E-state index contributed by atoms with van der Waals surface area (Å²) in [4.78, 5) is 26.0. The maximum absolute atomic E-state index is 13.5. The molecule has 0 bridgehead atoms. The maximum atomic E-state index is 13.5. The van der Waals surface area contributed by atoms with Gasteiger partial charge in [-0.05, 0) is 35.9 Å². The molecule has 0 saturated heterocycles. The standard InChI is InChI=1S/C28H26O9/c1-33-22-12-10-17(27(35-3)28(22)36-4)19(13-23(31)34-2)24-21(30)11-9-18-25(32)20(14-37-26(18)24)15-5-7-16(29)8-6-15/h5-12,14,19,29-30H,13H2,1-4H3/t19-/m0/s1. The summed E-state index contributed by atoms with van der Waals surface area (Å²) in [5.74, 6) is -0.514. The van der Waals surface area contributed by atoms with E-state index in [0.717, 1.165) is 0 Å². The van der Waals surface area contributed by atoms with E-state index in [9.17, 15) is 19.8 Å². The van der Waals surface area contributed by atoms with Gasteiger partial charge in [-0.2, -0.15) is 0 Å². The van der Waals surface area contributed by atoms with Gasteiger partial charge in [0.1, 0.15) is 23.3 Å². The smallest absolute Gasteiger partial charge is 0.306 e. The van der Waals surface area contributed by atoms with Crippen LogP contribution in [0.5, 0.6) is 28.7 Å². The third-order valence-corrected chi connectivity index (χ3v) is 6.19. The lowest BCUT2D eigenvalue weighted by Crippen LogP contribution is -2.14. The quantitative estimate of drug-likeness (QED) is 0.330. The minimum absolute atomic E-state index is 0.0654. The molecule has 0 saturated carbocycles. The zero-order valence-corrected chi connectivity index (χ0v) is 20.7. The fraction of sp³-hybridized carbons (Fsp3) is 0.214. The minimum Gasteiger partial charge on any atom is -0.508 e. The minimum atomic E-state index is -0.839. The summed E-state index contributed by atoms with van der Waals surface area (Å²) in [6.45, 7) is 0. The van der Waals surface area contributed by atoms with Gasteiger partial charge in [-0.1, -0.05) is 18.2 Å². The normalized spacial score (nSPS) is 11.7. The molecule has 0 spiro atoms. The summed E-state index contributed by atoms with van der Waals surface area (Å²) in [6, 6.07) is 12.3. The maximum Gasteiger partial charge on any atom is 0.306 e. The van der Waals surface area contributed by atoms with E-state index in [-0.39, 0.29) is 51.2 Å². The second-order valence-corrected chi connectivity index (χ2v) is 8.16. The van der Waals surface area contributed by atoms with E-state index < -0.39 is 11.9 Å². The first-order chi connectivity index (χ1) is 17.8. The molecule has 0 aliphatic rings. The third kappa shape index (κ3) is 4.63. The Hall–Kier alpha value is -4.66. The lowest BCUT2D eigenvalue weighted by molar-refractivity contribution is -0.140. The van der Waals surface area contributed by atoms with Gasteiger partial charge in [0.2, 0.25) is 11.2 Å². The molecule has 1 aromatic heterocycles. The largest absolute Gasteiger partial charge is 0.508 e. The SMILES string of the molecule is COC(=O)C[C@@H](c1ccc(OC)c(OC)c1OC)c1c(O)ccc2c(=O)c(-c3ccc(O)cc3)coc12. The molecule has 9 nitrogen and oxygen atoms in total. The summed E-state index contributed by atoms with van der Waals surface area (Å²) in [5.41, 5.74) is 1.29. The number of phenolic OH excluding ortho intramolecular Hbond substituents is 2. The monoisotopic (exact) mass is 506 g/mol. The number of hydrogen-bond donors (Lipinski definition) is 2. The molecule has 192 valence electrons. The summed E-state index contributed by atoms with van der Waals surface area (Å²) in [6.07, 6.45) is 1.10. The van der Waals surface area contributed by atoms with Gasteiger partial charge in [0.25, 0.3) is 0 Å². The van der Waals surface area contributed by atoms with Crippen molar-refractivity contribution in [3.05, 3.63) is 76.1 Å². The lowest BCUT2D eigenvalue weighted by Gasteiger charge is -2.23. The third-order valence-electron chi connectivity index (χ3n) is 6.19. The number of aromatic hydroxyl groups is 2. The molecule has 1 atom stereocenters. The van der Waals surface area contributed by atoms with Crippen LogP contribution in [0.3, 0.4) is 0 Å². The van der Waals surface area contributed by atoms with E-state index in [1.807, 2.05) is 0 Å². The molecule has 0 unspecified atom stereocenters. The molecular formula is C28H26O9. The van der Waals surface area contributed by atoms with Gasteiger partial charge in [0.05, 0.1) is 45.8 Å². The Morgan fingerprint density at radius 1 is 0.892 bits per heavy atom. The molecule has 0 amide bonds. The summed E-state index contributed by atoms with van der Waals surface area (Å²) < 4.78 is 27.4. The van der Waals surface area contributed by atoms with Crippen molar-refractivity contribution in [1.29, 1.82) is 0 Å². The van der Waals surface area contributed by atoms with Gasteiger partial charge in [0.15, 0.2) is 11.5 Å². The van der Waals surface area contributed by atoms with Crippen molar-refractivity contribution in [3.8, 4) is 39.9 Å². The van der Waals surface area contributed by atoms with E-state index in [4.69, 9.17) is 23.4 Å². The second kappa shape index (κ2) is 10.5. The van der Waals surface area contributed by atoms with Crippen LogP contribution in [0.15, 0.2) is 64.0 Å². The van der Waals surface area contributed by atoms with Gasteiger partial charge in [-0.3, -0.25) is 9.59 Å². The number of phenols is 2. The number of benzene rings is 3. The van der Waals surface area contributed by atoms with E-state index in [1.165, 1.54) is 59.0 Å². The highest BCUT2D eigenvalue weighted by Crippen LogP contribution is 2.48. The van der Waals surface area contributed by atoms with Gasteiger partial charge in [0, 0.05) is 17.0 Å². The predicted molar refractivity (Wildman–Crippen MR) is 136 cm³/mol. The molecule has 3 aromatic carbocycles. The number of ether oxygens (including phenoxy) is 4. The molecular weight excluding hydrogens is 480 g/mol. The summed E-state index contributed by atoms with van der Waals surface area (Å²) >= 11 is 0. The van der Waals surface area contributed by atoms with Crippen LogP contribution in [-0.2, 0) is 9.53 Å². The van der Waals surface area contributed by atoms with Crippen LogP contribution >= 0.6 is 0 Å². The van der Waals surface area contributed by atoms with Gasteiger partial charge >= 0.3 is 5.97 Å². The molecule has 0 aliphatic carbocycles. The van der Waals surface area contributed by atoms with Crippen LogP contribution in [0, 0.1) is 0 Å². The molecule has 4 rings (SSSR count). The number of carbonyl (C=O) groups excluding carboxylic acids is 1. The van der Waals surface area contributed by atoms with E-state index >= 15 is 0 Å². The van der Waals surface area contributed by atoms with Gasteiger partial charge in [-0.25, -0.2) is 0 Å². The van der Waals surface area contributed by atoms with Crippen molar-refractivity contribution in [3.63, 3.8) is 0 Å². The Morgan fingerprint density at radius 3 is 2.22 bits per heavy atom. The highest BCUT2D eigenvalue weighted by Gasteiger charge is 2.31. The summed E-state index contributed by atoms with van der Waals surface area (Å²) in [7, 11) is 5.65. The fourth-order valence-electron chi connectivity index (χ4n) is 4.40. The molecule has 0 radical (unpaired) electrons. The van der Waals surface area contributed by atoms with Crippen molar-refractivity contribution in [2.45, 2.75) is 12.3 Å². The Balaban J connectivity index is 2.00. The van der Waals surface area contributed by atoms with Crippen LogP contribution in [0.25, 0.3) is 22.1 Å². The van der Waals surface area contributed by atoms with Crippen LogP contribution in [0.1, 0.15) is 23.5 Å². The van der Waals surface area contributed by atoms with Crippen molar-refractivity contribution < 1.29 is 38.4 Å². The fourth-order valence-corrected chi connectivity index (χ4v) is 4.40. The molecule has 0 fully saturated rings. The van der Waals surface area contributed by atoms with Crippen molar-refractivity contribution in [1.82, 2.24) is 0 Å². The topological polar surface area (TPSA) is 125 Å². The average molecular weight is 507 g/mol. The van der Waals surface area contributed by atoms with Crippen molar-refractivity contribution in [2.75, 3.05) is 28.4 Å². The van der Waals surface area contributed by atoms with E-state index in [0.29, 0.717) is 22.6 Å². The first-order valence-corrected chi connectivity index (χ1v) is 11.3.